The van der Waals surface area contributed by atoms with Gasteiger partial charge in [-0.15, -0.1) is 11.8 Å². The fraction of sp³-hybridized carbons (Fsp3) is 0.714. The van der Waals surface area contributed by atoms with Crippen molar-refractivity contribution in [1.29, 1.82) is 0 Å². The largest absolute Gasteiger partial charge is 0.390 e. The maximum absolute atomic E-state index is 9.14. The Kier molecular flexibility index (Phi) is 2.77. The van der Waals surface area contributed by atoms with Gasteiger partial charge in [-0.3, -0.25) is 0 Å². The molecular weight excluding hydrogens is 148 g/mol. The lowest BCUT2D eigenvalue weighted by atomic mass is 10.0. The van der Waals surface area contributed by atoms with Crippen molar-refractivity contribution in [3.63, 3.8) is 0 Å². The molecule has 3 heteroatoms. The normalized spacial score (nSPS) is 33.7. The van der Waals surface area contributed by atoms with Crippen LogP contribution in [0.3, 0.4) is 0 Å². The van der Waals surface area contributed by atoms with Crippen molar-refractivity contribution < 1.29 is 10.2 Å². The van der Waals surface area contributed by atoms with E-state index in [-0.39, 0.29) is 0 Å². The maximum Gasteiger partial charge on any atom is 0.0990 e. The third-order valence-electron chi connectivity index (χ3n) is 1.70. The summed E-state index contributed by atoms with van der Waals surface area (Å²) >= 11 is 1.64. The minimum atomic E-state index is -0.642. The van der Waals surface area contributed by atoms with Gasteiger partial charge in [-0.1, -0.05) is 0 Å². The van der Waals surface area contributed by atoms with Crippen LogP contribution in [0.4, 0.5) is 0 Å². The molecule has 0 unspecified atom stereocenters. The van der Waals surface area contributed by atoms with Crippen LogP contribution in [0.1, 0.15) is 12.8 Å². The van der Waals surface area contributed by atoms with Crippen molar-refractivity contribution in [3.05, 3.63) is 11.0 Å². The van der Waals surface area contributed by atoms with E-state index in [9.17, 15) is 0 Å². The molecule has 1 rings (SSSR count). The summed E-state index contributed by atoms with van der Waals surface area (Å²) in [5, 5.41) is 18.2. The average molecular weight is 160 g/mol. The van der Waals surface area contributed by atoms with Gasteiger partial charge in [0.05, 0.1) is 12.2 Å². The number of hydrogen-bond acceptors (Lipinski definition) is 3. The fourth-order valence-corrected chi connectivity index (χ4v) is 1.61. The molecule has 0 aliphatic heterocycles. The Bertz CT molecular complexity index is 145. The Hall–Kier alpha value is 0.01000. The van der Waals surface area contributed by atoms with Gasteiger partial charge >= 0.3 is 0 Å². The lowest BCUT2D eigenvalue weighted by Crippen LogP contribution is -2.26. The number of allylic oxidation sites excluding steroid dienone is 1. The molecule has 0 heterocycles. The minimum Gasteiger partial charge on any atom is -0.390 e. The Morgan fingerprint density at radius 1 is 1.60 bits per heavy atom. The van der Waals surface area contributed by atoms with Crippen LogP contribution >= 0.6 is 11.8 Å². The van der Waals surface area contributed by atoms with E-state index < -0.39 is 12.2 Å². The molecule has 0 fully saturated rings. The molecule has 58 valence electrons. The molecule has 10 heavy (non-hydrogen) atoms. The van der Waals surface area contributed by atoms with Gasteiger partial charge in [-0.2, -0.15) is 0 Å². The average Bonchev–Trinajstić information content (AvgIpc) is 1.95. The van der Waals surface area contributed by atoms with Crippen LogP contribution < -0.4 is 0 Å². The number of aliphatic hydroxyl groups is 2. The molecule has 2 nitrogen and oxygen atoms in total. The van der Waals surface area contributed by atoms with Gasteiger partial charge in [-0.05, 0) is 30.1 Å². The monoisotopic (exact) mass is 160 g/mol. The third-order valence-corrected chi connectivity index (χ3v) is 2.56. The second-order valence-corrected chi connectivity index (χ2v) is 3.37. The summed E-state index contributed by atoms with van der Waals surface area (Å²) < 4.78 is 0. The number of hydrogen-bond donors (Lipinski definition) is 2. The Morgan fingerprint density at radius 3 is 2.80 bits per heavy atom. The van der Waals surface area contributed by atoms with Gasteiger partial charge in [0.25, 0.3) is 0 Å². The molecule has 1 aliphatic rings. The van der Waals surface area contributed by atoms with E-state index in [0.717, 1.165) is 6.42 Å². The lowest BCUT2D eigenvalue weighted by molar-refractivity contribution is 0.0384. The zero-order valence-electron chi connectivity index (χ0n) is 5.95. The molecule has 0 aromatic rings. The quantitative estimate of drug-likeness (QED) is 0.594. The van der Waals surface area contributed by atoms with Crippen LogP contribution in [0, 0.1) is 0 Å². The number of thioether (sulfide) groups is 1. The van der Waals surface area contributed by atoms with E-state index in [1.165, 1.54) is 4.91 Å². The highest BCUT2D eigenvalue weighted by molar-refractivity contribution is 8.02. The molecule has 2 N–H and O–H groups in total. The molecule has 0 radical (unpaired) electrons. The van der Waals surface area contributed by atoms with Crippen LogP contribution in [0.25, 0.3) is 0 Å². The first-order valence-electron chi connectivity index (χ1n) is 3.35. The molecule has 2 atom stereocenters. The Labute approximate surface area is 64.9 Å². The van der Waals surface area contributed by atoms with Crippen LogP contribution in [-0.4, -0.2) is 28.7 Å². The molecule has 0 bridgehead atoms. The van der Waals surface area contributed by atoms with Crippen molar-refractivity contribution >= 4 is 11.8 Å². The van der Waals surface area contributed by atoms with E-state index >= 15 is 0 Å². The minimum absolute atomic E-state index is 0.545. The van der Waals surface area contributed by atoms with E-state index in [1.807, 2.05) is 6.26 Å². The zero-order chi connectivity index (χ0) is 7.56. The van der Waals surface area contributed by atoms with Gasteiger partial charge in [0, 0.05) is 0 Å². The van der Waals surface area contributed by atoms with E-state index in [0.29, 0.717) is 6.42 Å². The van der Waals surface area contributed by atoms with Crippen molar-refractivity contribution in [3.8, 4) is 0 Å². The Balaban J connectivity index is 2.56. The van der Waals surface area contributed by atoms with E-state index in [1.54, 1.807) is 17.8 Å². The van der Waals surface area contributed by atoms with Crippen molar-refractivity contribution in [2.45, 2.75) is 25.0 Å². The summed E-state index contributed by atoms with van der Waals surface area (Å²) in [6.07, 6.45) is 4.12. The molecule has 0 amide bonds. The number of aliphatic hydroxyl groups excluding tert-OH is 2. The summed E-state index contributed by atoms with van der Waals surface area (Å²) in [6, 6.07) is 0. The van der Waals surface area contributed by atoms with E-state index in [4.69, 9.17) is 10.2 Å². The third kappa shape index (κ3) is 1.75. The second-order valence-electron chi connectivity index (χ2n) is 2.43. The second kappa shape index (κ2) is 3.42. The first kappa shape index (κ1) is 8.11. The lowest BCUT2D eigenvalue weighted by Gasteiger charge is -2.21. The first-order valence-corrected chi connectivity index (χ1v) is 4.57. The Morgan fingerprint density at radius 2 is 2.30 bits per heavy atom. The first-order chi connectivity index (χ1) is 4.74. The molecule has 0 saturated carbocycles. The highest BCUT2D eigenvalue weighted by atomic mass is 32.2. The smallest absolute Gasteiger partial charge is 0.0990 e. The fourth-order valence-electron chi connectivity index (χ4n) is 1.02. The van der Waals surface area contributed by atoms with Gasteiger partial charge in [0.2, 0.25) is 0 Å². The van der Waals surface area contributed by atoms with Crippen LogP contribution in [-0.2, 0) is 0 Å². The van der Waals surface area contributed by atoms with E-state index in [2.05, 4.69) is 0 Å². The highest BCUT2D eigenvalue weighted by Crippen LogP contribution is 2.25. The highest BCUT2D eigenvalue weighted by Gasteiger charge is 2.19. The predicted molar refractivity (Wildman–Crippen MR) is 42.8 cm³/mol. The van der Waals surface area contributed by atoms with Gasteiger partial charge in [-0.25, -0.2) is 0 Å². The van der Waals surface area contributed by atoms with Crippen molar-refractivity contribution in [1.82, 2.24) is 0 Å². The summed E-state index contributed by atoms with van der Waals surface area (Å²) in [5.74, 6) is 0. The molecule has 0 aromatic heterocycles. The molecule has 0 aromatic carbocycles. The maximum atomic E-state index is 9.14. The molecule has 1 aliphatic carbocycles. The SMILES string of the molecule is CSC1=C[C@@H](O)[C@@H](O)CC1. The summed E-state index contributed by atoms with van der Waals surface area (Å²) in [6.45, 7) is 0. The molecule has 0 spiro atoms. The standard InChI is InChI=1S/C7H12O2S/c1-10-5-2-3-6(8)7(9)4-5/h4,6-9H,2-3H2,1H3/t6-,7+/m0/s1. The molecule has 0 saturated heterocycles. The van der Waals surface area contributed by atoms with Gasteiger partial charge < -0.3 is 10.2 Å². The van der Waals surface area contributed by atoms with Crippen molar-refractivity contribution in [2.75, 3.05) is 6.26 Å². The van der Waals surface area contributed by atoms with Gasteiger partial charge in [0.15, 0.2) is 0 Å². The summed E-state index contributed by atoms with van der Waals surface area (Å²) in [5.41, 5.74) is 0. The van der Waals surface area contributed by atoms with Gasteiger partial charge in [0.1, 0.15) is 0 Å². The predicted octanol–water partition coefficient (Wildman–Crippen LogP) is 0.749. The molecular formula is C7H12O2S. The van der Waals surface area contributed by atoms with Crippen LogP contribution in [0.2, 0.25) is 0 Å². The van der Waals surface area contributed by atoms with Crippen LogP contribution in [0.15, 0.2) is 11.0 Å². The van der Waals surface area contributed by atoms with Crippen LogP contribution in [0.5, 0.6) is 0 Å². The topological polar surface area (TPSA) is 40.5 Å². The zero-order valence-corrected chi connectivity index (χ0v) is 6.77. The number of rotatable bonds is 1. The summed E-state index contributed by atoms with van der Waals surface area (Å²) in [7, 11) is 0. The summed E-state index contributed by atoms with van der Waals surface area (Å²) in [4.78, 5) is 1.18. The van der Waals surface area contributed by atoms with Crippen molar-refractivity contribution in [2.24, 2.45) is 0 Å².